The van der Waals surface area contributed by atoms with Crippen LogP contribution >= 0.6 is 0 Å². The topological polar surface area (TPSA) is 70.1 Å². The second-order valence-corrected chi connectivity index (χ2v) is 2.34. The average Bonchev–Trinajstić information content (AvgIpc) is 2.27. The highest BCUT2D eigenvalue weighted by atomic mass is 19.3. The molecule has 0 saturated heterocycles. The van der Waals surface area contributed by atoms with Crippen LogP contribution < -0.4 is 5.17 Å². The molecule has 0 spiro atoms. The number of anilines is 1. The molecule has 1 rings (SSSR count). The summed E-state index contributed by atoms with van der Waals surface area (Å²) in [6, 6.07) is 4.47. The summed E-state index contributed by atoms with van der Waals surface area (Å²) in [5, 5.41) is 19.9. The molecule has 0 unspecified atom stereocenters. The lowest BCUT2D eigenvalue weighted by atomic mass is 10.3. The molecule has 0 aliphatic carbocycles. The first kappa shape index (κ1) is 11.3. The molecule has 0 aliphatic heterocycles. The highest BCUT2D eigenvalue weighted by Crippen LogP contribution is 2.16. The Morgan fingerprint density at radius 2 is 2.00 bits per heavy atom. The first-order chi connectivity index (χ1) is 7.17. The van der Waals surface area contributed by atoms with Crippen LogP contribution in [0.15, 0.2) is 24.3 Å². The average molecular weight is 216 g/mol. The molecule has 9 heteroatoms. The molecule has 0 atom stereocenters. The third-order valence-electron chi connectivity index (χ3n) is 1.39. The number of halogens is 2. The Kier molecular flexibility index (Phi) is 3.93. The molecule has 15 heavy (non-hydrogen) atoms. The summed E-state index contributed by atoms with van der Waals surface area (Å²) in [7, 11) is -2.24. The fourth-order valence-electron chi connectivity index (χ4n) is 0.804. The molecule has 0 aromatic heterocycles. The standard InChI is InChI=1S/C6H5BF2N3O3/c8-5-1-3-6(4-2-5)12(11-10)15-7(13)14-9/h1-4,13H/q+1. The zero-order chi connectivity index (χ0) is 11.3. The van der Waals surface area contributed by atoms with Gasteiger partial charge in [0.1, 0.15) is 11.0 Å². The summed E-state index contributed by atoms with van der Waals surface area (Å²) in [5.74, 6) is -0.515. The molecule has 0 fully saturated rings. The maximum atomic E-state index is 12.5. The highest BCUT2D eigenvalue weighted by Gasteiger charge is 2.29. The Morgan fingerprint density at radius 1 is 1.40 bits per heavy atom. The van der Waals surface area contributed by atoms with Gasteiger partial charge in [0.05, 0.1) is 0 Å². The Hall–Kier alpha value is -1.76. The van der Waals surface area contributed by atoms with E-state index in [-0.39, 0.29) is 5.69 Å². The van der Waals surface area contributed by atoms with Gasteiger partial charge in [-0.1, -0.05) is 4.53 Å². The maximum absolute atomic E-state index is 12.5. The van der Waals surface area contributed by atoms with Gasteiger partial charge in [0.15, 0.2) is 5.69 Å². The van der Waals surface area contributed by atoms with E-state index in [0.717, 1.165) is 12.1 Å². The van der Waals surface area contributed by atoms with Crippen molar-refractivity contribution >= 4 is 13.0 Å². The van der Waals surface area contributed by atoms with Crippen molar-refractivity contribution in [2.24, 2.45) is 0 Å². The number of benzene rings is 1. The molecule has 0 heterocycles. The zero-order valence-corrected chi connectivity index (χ0v) is 7.25. The summed E-state index contributed by atoms with van der Waals surface area (Å²) in [4.78, 5) is 2.87. The van der Waals surface area contributed by atoms with Gasteiger partial charge in [0, 0.05) is 0 Å². The lowest BCUT2D eigenvalue weighted by molar-refractivity contribution is -0.0672. The van der Waals surface area contributed by atoms with E-state index in [1.165, 1.54) is 12.1 Å². The van der Waals surface area contributed by atoms with Crippen molar-refractivity contribution < 1.29 is 23.6 Å². The van der Waals surface area contributed by atoms with E-state index in [9.17, 15) is 8.92 Å². The van der Waals surface area contributed by atoms with Crippen molar-refractivity contribution in [3.05, 3.63) is 35.2 Å². The van der Waals surface area contributed by atoms with Crippen LogP contribution in [0.1, 0.15) is 0 Å². The van der Waals surface area contributed by atoms with Crippen LogP contribution in [0, 0.1) is 11.2 Å². The molecule has 0 bridgehead atoms. The fourth-order valence-corrected chi connectivity index (χ4v) is 0.804. The normalized spacial score (nSPS) is 9.47. The smallest absolute Gasteiger partial charge is 0.399 e. The summed E-state index contributed by atoms with van der Waals surface area (Å²) < 4.78 is 28.1. The predicted molar refractivity (Wildman–Crippen MR) is 45.2 cm³/mol. The molecule has 0 amide bonds. The van der Waals surface area contributed by atoms with E-state index in [1.807, 2.05) is 0 Å². The first-order valence-corrected chi connectivity index (χ1v) is 3.70. The van der Waals surface area contributed by atoms with Gasteiger partial charge in [-0.2, -0.15) is 9.61 Å². The zero-order valence-electron chi connectivity index (χ0n) is 7.25. The monoisotopic (exact) mass is 216 g/mol. The van der Waals surface area contributed by atoms with Gasteiger partial charge in [-0.25, -0.2) is 4.39 Å². The van der Waals surface area contributed by atoms with E-state index >= 15 is 0 Å². The third-order valence-corrected chi connectivity index (χ3v) is 1.39. The lowest BCUT2D eigenvalue weighted by Crippen LogP contribution is -2.28. The minimum absolute atomic E-state index is 0.0648. The number of nitrogens with zero attached hydrogens (tertiary/aromatic N) is 3. The van der Waals surface area contributed by atoms with Crippen molar-refractivity contribution in [2.45, 2.75) is 0 Å². The van der Waals surface area contributed by atoms with E-state index < -0.39 is 13.1 Å². The van der Waals surface area contributed by atoms with E-state index in [2.05, 4.69) is 14.7 Å². The molecule has 0 aliphatic rings. The van der Waals surface area contributed by atoms with E-state index in [4.69, 9.17) is 10.4 Å². The van der Waals surface area contributed by atoms with Gasteiger partial charge in [0.2, 0.25) is 0 Å². The molecule has 78 valence electrons. The van der Waals surface area contributed by atoms with E-state index in [0.29, 0.717) is 5.17 Å². The lowest BCUT2D eigenvalue weighted by Gasteiger charge is -2.03. The molecule has 1 N–H and O–H groups in total. The third kappa shape index (κ3) is 3.14. The van der Waals surface area contributed by atoms with Crippen LogP contribution in [0.2, 0.25) is 0 Å². The van der Waals surface area contributed by atoms with Crippen LogP contribution in [-0.4, -0.2) is 12.3 Å². The molecular formula is C6H5BF2N3O3+. The van der Waals surface area contributed by atoms with Crippen molar-refractivity contribution in [3.63, 3.8) is 0 Å². The predicted octanol–water partition coefficient (Wildman–Crippen LogP) is 1.21. The van der Waals surface area contributed by atoms with Crippen LogP contribution in [0.25, 0.3) is 5.08 Å². The summed E-state index contributed by atoms with van der Waals surface area (Å²) in [5.41, 5.74) is 0.0648. The van der Waals surface area contributed by atoms with Gasteiger partial charge in [0.25, 0.3) is 5.39 Å². The highest BCUT2D eigenvalue weighted by molar-refractivity contribution is 6.34. The molecule has 0 radical (unpaired) electrons. The molecule has 1 aromatic rings. The minimum Gasteiger partial charge on any atom is -0.399 e. The minimum atomic E-state index is -2.24. The van der Waals surface area contributed by atoms with Crippen LogP contribution in [0.3, 0.4) is 0 Å². The first-order valence-electron chi connectivity index (χ1n) is 3.70. The Labute approximate surface area is 83.3 Å². The molecule has 0 saturated carbocycles. The van der Waals surface area contributed by atoms with Gasteiger partial charge >= 0.3 is 12.4 Å². The quantitative estimate of drug-likeness (QED) is 0.465. The number of hydrogen-bond donors (Lipinski definition) is 1. The van der Waals surface area contributed by atoms with Crippen molar-refractivity contribution in [1.82, 2.24) is 0 Å². The Balaban J connectivity index is 2.75. The molecular weight excluding hydrogens is 211 g/mol. The number of diazo groups is 1. The van der Waals surface area contributed by atoms with Crippen molar-refractivity contribution in [2.75, 3.05) is 5.17 Å². The summed E-state index contributed by atoms with van der Waals surface area (Å²) >= 11 is 0. The second kappa shape index (κ2) is 5.21. The van der Waals surface area contributed by atoms with Crippen molar-refractivity contribution in [1.29, 1.82) is 5.39 Å². The van der Waals surface area contributed by atoms with Gasteiger partial charge in [-0.05, 0) is 24.3 Å². The second-order valence-electron chi connectivity index (χ2n) is 2.34. The van der Waals surface area contributed by atoms with Crippen LogP contribution in [-0.2, 0) is 9.61 Å². The molecule has 1 aromatic carbocycles. The Morgan fingerprint density at radius 3 is 2.47 bits per heavy atom. The molecule has 6 nitrogen and oxygen atoms in total. The summed E-state index contributed by atoms with van der Waals surface area (Å²) in [6.45, 7) is 0. The fraction of sp³-hybridized carbons (Fsp3) is 0. The van der Waals surface area contributed by atoms with Crippen LogP contribution in [0.4, 0.5) is 14.6 Å². The Bertz CT molecular complexity index is 358. The van der Waals surface area contributed by atoms with Crippen LogP contribution in [0.5, 0.6) is 0 Å². The largest absolute Gasteiger partial charge is 0.697 e. The number of hydrogen-bond acceptors (Lipinski definition) is 5. The van der Waals surface area contributed by atoms with Gasteiger partial charge in [-0.3, -0.25) is 0 Å². The number of rotatable bonds is 4. The SMILES string of the molecule is N#[N+]N(OB(O)OF)c1ccc(F)cc1. The van der Waals surface area contributed by atoms with E-state index in [1.54, 1.807) is 0 Å². The van der Waals surface area contributed by atoms with Gasteiger partial charge in [-0.15, -0.1) is 0 Å². The van der Waals surface area contributed by atoms with Crippen molar-refractivity contribution in [3.8, 4) is 0 Å². The summed E-state index contributed by atoms with van der Waals surface area (Å²) in [6.07, 6.45) is 0. The maximum Gasteiger partial charge on any atom is 0.697 e. The van der Waals surface area contributed by atoms with Gasteiger partial charge < -0.3 is 5.02 Å².